The number of pyridine rings is 1. The molecule has 1 saturated heterocycles. The minimum Gasteiger partial charge on any atom is -0.352 e. The van der Waals surface area contributed by atoms with E-state index < -0.39 is 11.6 Å². The number of nitrogens with one attached hydrogen (secondary N) is 2. The van der Waals surface area contributed by atoms with Gasteiger partial charge in [-0.1, -0.05) is 18.2 Å². The Morgan fingerprint density at radius 2 is 2.03 bits per heavy atom. The molecule has 7 nitrogen and oxygen atoms in total. The molecule has 0 atom stereocenters. The average molecular weight is 417 g/mol. The Kier molecular flexibility index (Phi) is 4.98. The van der Waals surface area contributed by atoms with E-state index in [0.717, 1.165) is 12.1 Å². The van der Waals surface area contributed by atoms with Crippen LogP contribution in [0.2, 0.25) is 5.02 Å². The van der Waals surface area contributed by atoms with E-state index in [1.807, 2.05) is 4.90 Å². The fraction of sp³-hybridized carbons (Fsp3) is 0.158. The lowest BCUT2D eigenvalue weighted by atomic mass is 10.1. The number of halogens is 3. The van der Waals surface area contributed by atoms with E-state index in [0.29, 0.717) is 29.9 Å². The van der Waals surface area contributed by atoms with Crippen LogP contribution in [0.25, 0.3) is 11.0 Å². The van der Waals surface area contributed by atoms with Crippen molar-refractivity contribution in [2.75, 3.05) is 23.3 Å². The maximum atomic E-state index is 14.1. The average Bonchev–Trinajstić information content (AvgIpc) is 2.68. The molecule has 2 N–H and O–H groups in total. The highest BCUT2D eigenvalue weighted by Gasteiger charge is 2.28. The molecule has 29 heavy (non-hydrogen) atoms. The van der Waals surface area contributed by atoms with Gasteiger partial charge in [0.15, 0.2) is 5.82 Å². The standard InChI is InChI=1S/C19H15ClF2N6O/c1-2-17(29)25-10-7-28(8-10)16-4-3-14-18(27-16)19(24-9-23-14)26-15-6-12(21)11(20)5-13(15)22/h2-6,9-10H,1,7-8H2,(H,25,29)(H,23,24,26). The van der Waals surface area contributed by atoms with Crippen molar-refractivity contribution in [2.45, 2.75) is 6.04 Å². The quantitative estimate of drug-likeness (QED) is 0.491. The molecular formula is C19H15ClF2N6O. The largest absolute Gasteiger partial charge is 0.352 e. The molecule has 10 heteroatoms. The van der Waals surface area contributed by atoms with Crippen molar-refractivity contribution in [3.63, 3.8) is 0 Å². The van der Waals surface area contributed by atoms with Gasteiger partial charge in [0.2, 0.25) is 5.91 Å². The number of nitrogens with zero attached hydrogens (tertiary/aromatic N) is 4. The number of rotatable bonds is 5. The molecule has 0 unspecified atom stereocenters. The lowest BCUT2D eigenvalue weighted by molar-refractivity contribution is -0.117. The molecule has 1 aromatic carbocycles. The van der Waals surface area contributed by atoms with E-state index in [2.05, 4.69) is 32.2 Å². The van der Waals surface area contributed by atoms with Crippen molar-refractivity contribution < 1.29 is 13.6 Å². The van der Waals surface area contributed by atoms with E-state index in [-0.39, 0.29) is 28.5 Å². The van der Waals surface area contributed by atoms with Crippen molar-refractivity contribution >= 4 is 45.9 Å². The van der Waals surface area contributed by atoms with Crippen molar-refractivity contribution in [3.8, 4) is 0 Å². The summed E-state index contributed by atoms with van der Waals surface area (Å²) in [6.07, 6.45) is 2.53. The van der Waals surface area contributed by atoms with Crippen LogP contribution in [-0.4, -0.2) is 40.0 Å². The van der Waals surface area contributed by atoms with Gasteiger partial charge in [-0.05, 0) is 24.3 Å². The van der Waals surface area contributed by atoms with Crippen molar-refractivity contribution in [1.29, 1.82) is 0 Å². The van der Waals surface area contributed by atoms with Crippen LogP contribution in [0.3, 0.4) is 0 Å². The van der Waals surface area contributed by atoms with E-state index in [9.17, 15) is 13.6 Å². The van der Waals surface area contributed by atoms with Gasteiger partial charge in [0.25, 0.3) is 0 Å². The number of hydrogen-bond acceptors (Lipinski definition) is 6. The maximum Gasteiger partial charge on any atom is 0.243 e. The Hall–Kier alpha value is -3.33. The number of hydrogen-bond donors (Lipinski definition) is 2. The van der Waals surface area contributed by atoms with Crippen LogP contribution in [0.5, 0.6) is 0 Å². The van der Waals surface area contributed by atoms with Gasteiger partial charge in [-0.3, -0.25) is 4.79 Å². The van der Waals surface area contributed by atoms with Crippen LogP contribution in [-0.2, 0) is 4.79 Å². The van der Waals surface area contributed by atoms with Gasteiger partial charge in [0.1, 0.15) is 29.3 Å². The fourth-order valence-corrected chi connectivity index (χ4v) is 3.11. The highest BCUT2D eigenvalue weighted by Crippen LogP contribution is 2.29. The molecule has 2 aromatic heterocycles. The second kappa shape index (κ2) is 7.59. The van der Waals surface area contributed by atoms with Crippen molar-refractivity contribution in [3.05, 3.63) is 59.9 Å². The molecular weight excluding hydrogens is 402 g/mol. The summed E-state index contributed by atoms with van der Waals surface area (Å²) in [5, 5.41) is 5.26. The maximum absolute atomic E-state index is 14.1. The third-order valence-corrected chi connectivity index (χ3v) is 4.76. The van der Waals surface area contributed by atoms with Crippen LogP contribution in [0.1, 0.15) is 0 Å². The first-order valence-corrected chi connectivity index (χ1v) is 9.03. The van der Waals surface area contributed by atoms with Crippen molar-refractivity contribution in [1.82, 2.24) is 20.3 Å². The molecule has 0 aliphatic carbocycles. The molecule has 1 fully saturated rings. The first kappa shape index (κ1) is 19.0. The van der Waals surface area contributed by atoms with E-state index in [1.54, 1.807) is 12.1 Å². The lowest BCUT2D eigenvalue weighted by Gasteiger charge is -2.40. The number of benzene rings is 1. The van der Waals surface area contributed by atoms with Crippen molar-refractivity contribution in [2.24, 2.45) is 0 Å². The number of anilines is 3. The predicted molar refractivity (Wildman–Crippen MR) is 106 cm³/mol. The summed E-state index contributed by atoms with van der Waals surface area (Å²) in [4.78, 5) is 26.2. The molecule has 3 aromatic rings. The Morgan fingerprint density at radius 1 is 1.24 bits per heavy atom. The van der Waals surface area contributed by atoms with Gasteiger partial charge in [0, 0.05) is 19.2 Å². The summed E-state index contributed by atoms with van der Waals surface area (Å²) in [5.74, 6) is -0.812. The van der Waals surface area contributed by atoms with E-state index in [1.165, 1.54) is 12.4 Å². The fourth-order valence-electron chi connectivity index (χ4n) is 2.96. The lowest BCUT2D eigenvalue weighted by Crippen LogP contribution is -2.59. The SMILES string of the molecule is C=CC(=O)NC1CN(c2ccc3ncnc(Nc4cc(F)c(Cl)cc4F)c3n2)C1. The van der Waals surface area contributed by atoms with Crippen LogP contribution >= 0.6 is 11.6 Å². The highest BCUT2D eigenvalue weighted by molar-refractivity contribution is 6.30. The van der Waals surface area contributed by atoms with Crippen LogP contribution in [0, 0.1) is 11.6 Å². The Balaban J connectivity index is 1.60. The zero-order chi connectivity index (χ0) is 20.5. The molecule has 1 aliphatic heterocycles. The van der Waals surface area contributed by atoms with E-state index in [4.69, 9.17) is 11.6 Å². The van der Waals surface area contributed by atoms with Crippen LogP contribution in [0.15, 0.2) is 43.2 Å². The molecule has 0 bridgehead atoms. The van der Waals surface area contributed by atoms with Gasteiger partial charge in [-0.2, -0.15) is 0 Å². The van der Waals surface area contributed by atoms with Gasteiger partial charge in [0.05, 0.1) is 22.3 Å². The highest BCUT2D eigenvalue weighted by atomic mass is 35.5. The van der Waals surface area contributed by atoms with Gasteiger partial charge >= 0.3 is 0 Å². The van der Waals surface area contributed by atoms with Crippen LogP contribution in [0.4, 0.5) is 26.1 Å². The summed E-state index contributed by atoms with van der Waals surface area (Å²) in [5.41, 5.74) is 0.826. The number of fused-ring (bicyclic) bond motifs is 1. The number of carbonyl (C=O) groups excluding carboxylic acids is 1. The zero-order valence-corrected chi connectivity index (χ0v) is 15.7. The molecule has 0 saturated carbocycles. The number of aromatic nitrogens is 3. The molecule has 3 heterocycles. The summed E-state index contributed by atoms with van der Waals surface area (Å²) in [6, 6.07) is 5.41. The molecule has 148 valence electrons. The third kappa shape index (κ3) is 3.81. The Labute approximate surface area is 169 Å². The Morgan fingerprint density at radius 3 is 2.79 bits per heavy atom. The number of amides is 1. The monoisotopic (exact) mass is 416 g/mol. The molecule has 4 rings (SSSR count). The van der Waals surface area contributed by atoms with Gasteiger partial charge < -0.3 is 15.5 Å². The Bertz CT molecular complexity index is 1120. The molecule has 1 aliphatic rings. The van der Waals surface area contributed by atoms with Gasteiger partial charge in [-0.15, -0.1) is 0 Å². The molecule has 1 amide bonds. The van der Waals surface area contributed by atoms with Gasteiger partial charge in [-0.25, -0.2) is 23.7 Å². The zero-order valence-electron chi connectivity index (χ0n) is 15.0. The summed E-state index contributed by atoms with van der Waals surface area (Å²) in [6.45, 7) is 4.61. The molecule has 0 spiro atoms. The first-order valence-electron chi connectivity index (χ1n) is 8.66. The number of carbonyl (C=O) groups is 1. The summed E-state index contributed by atoms with van der Waals surface area (Å²) in [7, 11) is 0. The second-order valence-corrected chi connectivity index (χ2v) is 6.85. The summed E-state index contributed by atoms with van der Waals surface area (Å²) < 4.78 is 27.9. The predicted octanol–water partition coefficient (Wildman–Crippen LogP) is 3.19. The van der Waals surface area contributed by atoms with E-state index >= 15 is 0 Å². The minimum absolute atomic E-state index is 0.00811. The summed E-state index contributed by atoms with van der Waals surface area (Å²) >= 11 is 5.60. The topological polar surface area (TPSA) is 83.0 Å². The first-order chi connectivity index (χ1) is 13.9. The normalized spacial score (nSPS) is 13.8. The molecule has 0 radical (unpaired) electrons. The smallest absolute Gasteiger partial charge is 0.243 e. The minimum atomic E-state index is -0.754. The third-order valence-electron chi connectivity index (χ3n) is 4.47. The van der Waals surface area contributed by atoms with Crippen LogP contribution < -0.4 is 15.5 Å². The second-order valence-electron chi connectivity index (χ2n) is 6.45.